The fourth-order valence-electron chi connectivity index (χ4n) is 0.329. The number of carbonyl (C=O) groups excluding carboxylic acids is 1. The molecule has 0 atom stereocenters. The molecule has 2 nitrogen and oxygen atoms in total. The van der Waals surface area contributed by atoms with Crippen molar-refractivity contribution in [3.05, 3.63) is 0 Å². The minimum atomic E-state index is -4.90. The first kappa shape index (κ1) is 16.1. The normalized spacial score (nSPS) is 16.7. The molecular formula is C3Cl8NOP. The van der Waals surface area contributed by atoms with E-state index in [9.17, 15) is 4.79 Å². The van der Waals surface area contributed by atoms with E-state index < -0.39 is 12.5 Å². The monoisotopic (exact) mass is 377 g/mol. The quantitative estimate of drug-likeness (QED) is 0.246. The van der Waals surface area contributed by atoms with Crippen molar-refractivity contribution in [2.75, 3.05) is 0 Å². The number of nitrogens with zero attached hydrogens (tertiary/aromatic N) is 1. The zero-order chi connectivity index (χ0) is 11.9. The van der Waals surface area contributed by atoms with Gasteiger partial charge in [-0.2, -0.15) is 0 Å². The molecule has 84 valence electrons. The first-order valence-electron chi connectivity index (χ1n) is 2.55. The zero-order valence-electron chi connectivity index (χ0n) is 5.83. The summed E-state index contributed by atoms with van der Waals surface area (Å²) in [5.74, 6) is 0. The van der Waals surface area contributed by atoms with Crippen molar-refractivity contribution in [2.45, 2.75) is 7.07 Å². The number of halogens is 8. The van der Waals surface area contributed by atoms with Crippen LogP contribution >= 0.6 is 97.5 Å². The van der Waals surface area contributed by atoms with Gasteiger partial charge in [0.2, 0.25) is 0 Å². The van der Waals surface area contributed by atoms with Gasteiger partial charge in [0, 0.05) is 0 Å². The Morgan fingerprint density at radius 2 is 1.21 bits per heavy atom. The van der Waals surface area contributed by atoms with Gasteiger partial charge in [-0.15, -0.1) is 0 Å². The number of rotatable bonds is 1. The first-order chi connectivity index (χ1) is 5.86. The Morgan fingerprint density at radius 1 is 0.929 bits per heavy atom. The number of hydrogen-bond donors (Lipinski definition) is 0. The van der Waals surface area contributed by atoms with Crippen molar-refractivity contribution >= 4 is 104 Å². The van der Waals surface area contributed by atoms with E-state index in [1.54, 1.807) is 0 Å². The molecule has 0 saturated heterocycles. The van der Waals surface area contributed by atoms with Gasteiger partial charge in [-0.05, 0) is 0 Å². The molecule has 0 aromatic carbocycles. The van der Waals surface area contributed by atoms with E-state index in [1.165, 1.54) is 0 Å². The molecule has 0 aromatic rings. The molecule has 0 unspecified atom stereocenters. The van der Waals surface area contributed by atoms with Crippen LogP contribution in [-0.2, 0) is 4.79 Å². The van der Waals surface area contributed by atoms with Crippen LogP contribution in [-0.4, -0.2) is 13.1 Å². The summed E-state index contributed by atoms with van der Waals surface area (Å²) in [5, 5.41) is 0. The summed E-state index contributed by atoms with van der Waals surface area (Å²) in [6.07, 6.45) is 1.02. The molecule has 11 heteroatoms. The fraction of sp³-hybridized carbons (Fsp3) is 0.667. The van der Waals surface area contributed by atoms with Gasteiger partial charge in [-0.3, -0.25) is 0 Å². The Bertz CT molecular complexity index is 266. The zero-order valence-corrected chi connectivity index (χ0v) is 12.8. The molecular weight excluding hydrogens is 381 g/mol. The van der Waals surface area contributed by atoms with E-state index >= 15 is 0 Å². The predicted octanol–water partition coefficient (Wildman–Crippen LogP) is 5.75. The summed E-state index contributed by atoms with van der Waals surface area (Å²) in [6, 6.07) is 0. The average Bonchev–Trinajstić information content (AvgIpc) is 1.81. The summed E-state index contributed by atoms with van der Waals surface area (Å²) in [5.41, 5.74) is -4.90. The number of hydrogen-bond acceptors (Lipinski definition) is 2. The van der Waals surface area contributed by atoms with Gasteiger partial charge in [0.25, 0.3) is 0 Å². The number of alkyl halides is 6. The molecule has 0 aliphatic rings. The molecule has 0 rings (SSSR count). The summed E-state index contributed by atoms with van der Waals surface area (Å²) >= 11 is 44.1. The molecule has 0 heterocycles. The van der Waals surface area contributed by atoms with Crippen molar-refractivity contribution in [1.82, 2.24) is 0 Å². The molecule has 0 N–H and O–H groups in total. The molecule has 0 amide bonds. The Hall–Kier alpha value is 2.13. The van der Waals surface area contributed by atoms with Gasteiger partial charge >= 0.3 is 120 Å². The summed E-state index contributed by atoms with van der Waals surface area (Å²) in [6.45, 7) is 0. The van der Waals surface area contributed by atoms with Crippen molar-refractivity contribution in [2.24, 2.45) is 4.76 Å². The van der Waals surface area contributed by atoms with E-state index in [-0.39, 0.29) is 0 Å². The van der Waals surface area contributed by atoms with Crippen LogP contribution in [0.3, 0.4) is 0 Å². The Kier molecular flexibility index (Phi) is 5.10. The molecule has 0 spiro atoms. The predicted molar refractivity (Wildman–Crippen MR) is 67.3 cm³/mol. The third-order valence-corrected chi connectivity index (χ3v) is 15.8. The summed E-state index contributed by atoms with van der Waals surface area (Å²) < 4.78 is -1.84. The maximum atomic E-state index is 10.1. The van der Waals surface area contributed by atoms with Crippen LogP contribution in [0.4, 0.5) is 0 Å². The SMILES string of the molecule is O=C=NP(Cl)(Cl)(C(Cl)(Cl)Cl)C(Cl)(Cl)Cl. The van der Waals surface area contributed by atoms with Crippen LogP contribution < -0.4 is 0 Å². The summed E-state index contributed by atoms with van der Waals surface area (Å²) in [7, 11) is 0. The number of isocyanates is 1. The van der Waals surface area contributed by atoms with Gasteiger partial charge in [0.05, 0.1) is 0 Å². The first-order valence-corrected chi connectivity index (χ1v) is 8.81. The van der Waals surface area contributed by atoms with E-state index in [0.717, 1.165) is 6.08 Å². The van der Waals surface area contributed by atoms with Gasteiger partial charge in [-0.25, -0.2) is 0 Å². The molecule has 14 heavy (non-hydrogen) atoms. The molecule has 0 bridgehead atoms. The standard InChI is InChI=1S/C3Cl8NOP/c4-2(5,6)14(10,11,12-1-13)3(7,8)9. The second-order valence-electron chi connectivity index (χ2n) is 1.99. The van der Waals surface area contributed by atoms with E-state index in [0.29, 0.717) is 0 Å². The molecule has 0 saturated carbocycles. The molecule has 0 aromatic heterocycles. The van der Waals surface area contributed by atoms with Crippen LogP contribution in [0.1, 0.15) is 0 Å². The third kappa shape index (κ3) is 2.51. The third-order valence-electron chi connectivity index (χ3n) is 1.08. The maximum absolute atomic E-state index is 10.1. The van der Waals surface area contributed by atoms with Gasteiger partial charge in [-0.1, -0.05) is 0 Å². The van der Waals surface area contributed by atoms with Crippen LogP contribution in [0.5, 0.6) is 0 Å². The summed E-state index contributed by atoms with van der Waals surface area (Å²) in [4.78, 5) is 10.1. The van der Waals surface area contributed by atoms with E-state index in [4.69, 9.17) is 92.1 Å². The second-order valence-corrected chi connectivity index (χ2v) is 15.9. The Morgan fingerprint density at radius 3 is 1.29 bits per heavy atom. The molecule has 0 aliphatic heterocycles. The van der Waals surface area contributed by atoms with Crippen molar-refractivity contribution < 1.29 is 4.79 Å². The molecule has 0 fully saturated rings. The minimum absolute atomic E-state index is 1.02. The molecule has 0 radical (unpaired) electrons. The van der Waals surface area contributed by atoms with E-state index in [2.05, 4.69) is 4.76 Å². The van der Waals surface area contributed by atoms with Crippen LogP contribution in [0.15, 0.2) is 4.76 Å². The average molecular weight is 381 g/mol. The van der Waals surface area contributed by atoms with Crippen LogP contribution in [0.25, 0.3) is 0 Å². The van der Waals surface area contributed by atoms with Crippen molar-refractivity contribution in [1.29, 1.82) is 0 Å². The van der Waals surface area contributed by atoms with Crippen LogP contribution in [0.2, 0.25) is 0 Å². The van der Waals surface area contributed by atoms with Crippen LogP contribution in [0, 0.1) is 0 Å². The second kappa shape index (κ2) is 4.42. The Balaban J connectivity index is 5.88. The van der Waals surface area contributed by atoms with Gasteiger partial charge in [0.15, 0.2) is 0 Å². The Labute approximate surface area is 119 Å². The van der Waals surface area contributed by atoms with Gasteiger partial charge in [0.1, 0.15) is 0 Å². The topological polar surface area (TPSA) is 29.4 Å². The van der Waals surface area contributed by atoms with Crippen molar-refractivity contribution in [3.63, 3.8) is 0 Å². The molecule has 0 aliphatic carbocycles. The van der Waals surface area contributed by atoms with E-state index in [1.807, 2.05) is 0 Å². The van der Waals surface area contributed by atoms with Gasteiger partial charge < -0.3 is 0 Å². The van der Waals surface area contributed by atoms with Crippen molar-refractivity contribution in [3.8, 4) is 0 Å². The fourth-order valence-corrected chi connectivity index (χ4v) is 5.30.